The van der Waals surface area contributed by atoms with E-state index in [1.165, 1.54) is 0 Å². The van der Waals surface area contributed by atoms with Gasteiger partial charge in [-0.05, 0) is 22.4 Å². The van der Waals surface area contributed by atoms with Gasteiger partial charge in [0.2, 0.25) is 0 Å². The van der Waals surface area contributed by atoms with Gasteiger partial charge in [0.05, 0.1) is 18.6 Å². The predicted molar refractivity (Wildman–Crippen MR) is 69.6 cm³/mol. The number of H-pyrrole nitrogens is 1. The minimum atomic E-state index is 0.676. The van der Waals surface area contributed by atoms with Crippen LogP contribution in [0.2, 0.25) is 0 Å². The first-order valence-corrected chi connectivity index (χ1v) is 6.32. The number of hydrogen-bond donors (Lipinski definition) is 2. The summed E-state index contributed by atoms with van der Waals surface area (Å²) >= 11 is 3.39. The predicted octanol–water partition coefficient (Wildman–Crippen LogP) is 2.53. The van der Waals surface area contributed by atoms with Crippen molar-refractivity contribution in [1.29, 1.82) is 0 Å². The van der Waals surface area contributed by atoms with Crippen molar-refractivity contribution in [3.63, 3.8) is 0 Å². The van der Waals surface area contributed by atoms with Gasteiger partial charge >= 0.3 is 0 Å². The molecule has 0 saturated heterocycles. The quantitative estimate of drug-likeness (QED) is 0.832. The van der Waals surface area contributed by atoms with Gasteiger partial charge in [-0.25, -0.2) is 15.0 Å². The van der Waals surface area contributed by atoms with E-state index in [-0.39, 0.29) is 0 Å². The highest BCUT2D eigenvalue weighted by Gasteiger charge is 2.02. The summed E-state index contributed by atoms with van der Waals surface area (Å²) in [6, 6.07) is 1.87. The molecule has 0 amide bonds. The van der Waals surface area contributed by atoms with Crippen molar-refractivity contribution >= 4 is 21.7 Å². The summed E-state index contributed by atoms with van der Waals surface area (Å²) in [5.74, 6) is 1.68. The van der Waals surface area contributed by atoms with Gasteiger partial charge in [-0.1, -0.05) is 6.92 Å². The fourth-order valence-electron chi connectivity index (χ4n) is 1.46. The van der Waals surface area contributed by atoms with Gasteiger partial charge < -0.3 is 10.3 Å². The monoisotopic (exact) mass is 295 g/mol. The summed E-state index contributed by atoms with van der Waals surface area (Å²) < 4.78 is 0.808. The topological polar surface area (TPSA) is 66.5 Å². The van der Waals surface area contributed by atoms with Crippen LogP contribution in [0.15, 0.2) is 23.2 Å². The molecular weight excluding hydrogens is 282 g/mol. The van der Waals surface area contributed by atoms with E-state index in [1.807, 2.05) is 6.07 Å². The zero-order valence-corrected chi connectivity index (χ0v) is 11.2. The van der Waals surface area contributed by atoms with Crippen LogP contribution >= 0.6 is 15.9 Å². The minimum Gasteiger partial charge on any atom is -0.364 e. The summed E-state index contributed by atoms with van der Waals surface area (Å²) in [6.45, 7) is 2.79. The van der Waals surface area contributed by atoms with Gasteiger partial charge in [0, 0.05) is 18.7 Å². The van der Waals surface area contributed by atoms with E-state index in [9.17, 15) is 0 Å². The Morgan fingerprint density at radius 3 is 3.00 bits per heavy atom. The van der Waals surface area contributed by atoms with Crippen LogP contribution in [0.1, 0.15) is 24.9 Å². The van der Waals surface area contributed by atoms with Crippen LogP contribution in [-0.4, -0.2) is 19.9 Å². The number of rotatable bonds is 5. The molecule has 2 aromatic heterocycles. The second-order valence-corrected chi connectivity index (χ2v) is 4.49. The van der Waals surface area contributed by atoms with Crippen LogP contribution in [-0.2, 0) is 13.0 Å². The van der Waals surface area contributed by atoms with Crippen LogP contribution in [0.5, 0.6) is 0 Å². The molecule has 0 unspecified atom stereocenters. The van der Waals surface area contributed by atoms with Crippen LogP contribution in [0.4, 0.5) is 5.82 Å². The highest BCUT2D eigenvalue weighted by Crippen LogP contribution is 2.13. The molecule has 0 aliphatic carbocycles. The molecule has 0 aromatic carbocycles. The SMILES string of the molecule is CCCc1nc(Br)cc(NCc2cnc[nH]2)n1. The van der Waals surface area contributed by atoms with Crippen molar-refractivity contribution in [2.24, 2.45) is 0 Å². The summed E-state index contributed by atoms with van der Waals surface area (Å²) in [6.07, 6.45) is 5.38. The molecule has 0 atom stereocenters. The van der Waals surface area contributed by atoms with Crippen LogP contribution in [0.3, 0.4) is 0 Å². The van der Waals surface area contributed by atoms with Crippen molar-refractivity contribution < 1.29 is 0 Å². The van der Waals surface area contributed by atoms with Gasteiger partial charge in [0.1, 0.15) is 16.2 Å². The molecule has 2 heterocycles. The maximum atomic E-state index is 4.44. The zero-order valence-electron chi connectivity index (χ0n) is 9.57. The molecule has 2 N–H and O–H groups in total. The molecule has 5 nitrogen and oxygen atoms in total. The largest absolute Gasteiger partial charge is 0.364 e. The summed E-state index contributed by atoms with van der Waals surface area (Å²) in [5, 5.41) is 3.23. The maximum Gasteiger partial charge on any atom is 0.132 e. The standard InChI is InChI=1S/C11H14BrN5/c1-2-3-10-16-9(12)4-11(17-10)14-6-8-5-13-7-15-8/h4-5,7H,2-3,6H2,1H3,(H,13,15)(H,14,16,17). The van der Waals surface area contributed by atoms with Crippen molar-refractivity contribution in [2.45, 2.75) is 26.3 Å². The first-order valence-electron chi connectivity index (χ1n) is 5.52. The third kappa shape index (κ3) is 3.52. The minimum absolute atomic E-state index is 0.676. The van der Waals surface area contributed by atoms with Crippen molar-refractivity contribution in [3.8, 4) is 0 Å². The number of halogens is 1. The lowest BCUT2D eigenvalue weighted by Crippen LogP contribution is -2.05. The Bertz CT molecular complexity index is 469. The second-order valence-electron chi connectivity index (χ2n) is 3.67. The van der Waals surface area contributed by atoms with Gasteiger partial charge in [-0.15, -0.1) is 0 Å². The first kappa shape index (κ1) is 12.0. The van der Waals surface area contributed by atoms with E-state index >= 15 is 0 Å². The van der Waals surface area contributed by atoms with E-state index in [0.29, 0.717) is 6.54 Å². The Morgan fingerprint density at radius 2 is 2.29 bits per heavy atom. The van der Waals surface area contributed by atoms with Gasteiger partial charge in [-0.2, -0.15) is 0 Å². The number of imidazole rings is 1. The van der Waals surface area contributed by atoms with E-state index in [4.69, 9.17) is 0 Å². The molecule has 0 bridgehead atoms. The normalized spacial score (nSPS) is 10.5. The van der Waals surface area contributed by atoms with Gasteiger partial charge in [0.25, 0.3) is 0 Å². The Balaban J connectivity index is 2.04. The third-order valence-electron chi connectivity index (χ3n) is 2.23. The summed E-state index contributed by atoms with van der Waals surface area (Å²) in [5.41, 5.74) is 1.02. The number of aromatic amines is 1. The molecular formula is C11H14BrN5. The van der Waals surface area contributed by atoms with E-state index in [2.05, 4.69) is 48.1 Å². The lowest BCUT2D eigenvalue weighted by Gasteiger charge is -2.06. The average Bonchev–Trinajstić information content (AvgIpc) is 2.79. The highest BCUT2D eigenvalue weighted by atomic mass is 79.9. The average molecular weight is 296 g/mol. The third-order valence-corrected chi connectivity index (χ3v) is 2.64. The Kier molecular flexibility index (Phi) is 4.08. The first-order chi connectivity index (χ1) is 8.28. The molecule has 0 aliphatic heterocycles. The fourth-order valence-corrected chi connectivity index (χ4v) is 1.88. The maximum absolute atomic E-state index is 4.44. The Morgan fingerprint density at radius 1 is 1.41 bits per heavy atom. The van der Waals surface area contributed by atoms with Gasteiger partial charge in [-0.3, -0.25) is 0 Å². The van der Waals surface area contributed by atoms with Crippen LogP contribution < -0.4 is 5.32 Å². The fraction of sp³-hybridized carbons (Fsp3) is 0.364. The molecule has 17 heavy (non-hydrogen) atoms. The molecule has 0 saturated carbocycles. The Labute approximate surface area is 108 Å². The van der Waals surface area contributed by atoms with Crippen LogP contribution in [0.25, 0.3) is 0 Å². The number of anilines is 1. The molecule has 2 rings (SSSR count). The number of nitrogens with one attached hydrogen (secondary N) is 2. The highest BCUT2D eigenvalue weighted by molar-refractivity contribution is 9.10. The molecule has 0 aliphatic rings. The Hall–Kier alpha value is -1.43. The zero-order chi connectivity index (χ0) is 12.1. The number of aromatic nitrogens is 4. The smallest absolute Gasteiger partial charge is 0.132 e. The molecule has 6 heteroatoms. The number of nitrogens with zero attached hydrogens (tertiary/aromatic N) is 3. The second kappa shape index (κ2) is 5.77. The lowest BCUT2D eigenvalue weighted by molar-refractivity contribution is 0.827. The molecule has 90 valence electrons. The van der Waals surface area contributed by atoms with Crippen LogP contribution in [0, 0.1) is 0 Å². The van der Waals surface area contributed by atoms with Gasteiger partial charge in [0.15, 0.2) is 0 Å². The van der Waals surface area contributed by atoms with E-state index < -0.39 is 0 Å². The molecule has 0 fully saturated rings. The van der Waals surface area contributed by atoms with Crippen molar-refractivity contribution in [1.82, 2.24) is 19.9 Å². The van der Waals surface area contributed by atoms with E-state index in [0.717, 1.165) is 34.8 Å². The van der Waals surface area contributed by atoms with Crippen molar-refractivity contribution in [3.05, 3.63) is 34.7 Å². The summed E-state index contributed by atoms with van der Waals surface area (Å²) in [7, 11) is 0. The molecule has 2 aromatic rings. The molecule has 0 radical (unpaired) electrons. The summed E-state index contributed by atoms with van der Waals surface area (Å²) in [4.78, 5) is 15.7. The van der Waals surface area contributed by atoms with E-state index in [1.54, 1.807) is 12.5 Å². The lowest BCUT2D eigenvalue weighted by atomic mass is 10.3. The number of aryl methyl sites for hydroxylation is 1. The molecule has 0 spiro atoms. The van der Waals surface area contributed by atoms with Crippen molar-refractivity contribution in [2.75, 3.05) is 5.32 Å². The number of hydrogen-bond acceptors (Lipinski definition) is 4.